The lowest BCUT2D eigenvalue weighted by Crippen LogP contribution is -2.51. The van der Waals surface area contributed by atoms with Gasteiger partial charge in [0.2, 0.25) is 11.8 Å². The van der Waals surface area contributed by atoms with Gasteiger partial charge >= 0.3 is 0 Å². The average molecular weight is 549 g/mol. The van der Waals surface area contributed by atoms with Crippen LogP contribution in [0.3, 0.4) is 0 Å². The Bertz CT molecular complexity index is 1770. The molecule has 0 bridgehead atoms. The molecule has 1 saturated heterocycles. The molecule has 1 aliphatic heterocycles. The highest BCUT2D eigenvalue weighted by Gasteiger charge is 2.55. The van der Waals surface area contributed by atoms with Crippen molar-refractivity contribution in [2.45, 2.75) is 59.3 Å². The molecular formula is C30H28N8O3. The number of carbonyl (C=O) groups is 3. The van der Waals surface area contributed by atoms with E-state index in [9.17, 15) is 14.4 Å². The van der Waals surface area contributed by atoms with Crippen LogP contribution in [0.15, 0.2) is 43.0 Å². The molecule has 1 N–H and O–H groups in total. The van der Waals surface area contributed by atoms with Crippen molar-refractivity contribution in [1.29, 1.82) is 0 Å². The largest absolute Gasteiger partial charge is 0.347 e. The highest BCUT2D eigenvalue weighted by atomic mass is 16.2. The number of rotatable bonds is 7. The zero-order valence-corrected chi connectivity index (χ0v) is 23.2. The standard InChI is InChI=1S/C30H28N8O3/c1-17-10-20(21-13-33-19(3)34-14-21)11-22-27(18(2)39)36-37(28(17)22)16-26(40)38-23(12-30(4)7-6-24(30)38)29(41)35-15-25-31-8-5-9-32-25/h5,8-11,13-14,23-24H,12,15-16H2,1-4H3,(H,35,41)/t23-,24+,30+/m0/s1. The lowest BCUT2D eigenvalue weighted by Gasteiger charge is -2.34. The molecule has 0 saturated carbocycles. The topological polar surface area (TPSA) is 136 Å². The molecule has 6 rings (SSSR count). The third-order valence-electron chi connectivity index (χ3n) is 7.73. The third kappa shape index (κ3) is 4.61. The Morgan fingerprint density at radius 1 is 1.07 bits per heavy atom. The van der Waals surface area contributed by atoms with Gasteiger partial charge in [-0.25, -0.2) is 19.9 Å². The first-order valence-corrected chi connectivity index (χ1v) is 13.3. The highest BCUT2D eigenvalue weighted by Crippen LogP contribution is 2.44. The van der Waals surface area contributed by atoms with Crippen molar-refractivity contribution in [2.75, 3.05) is 0 Å². The number of nitrogens with zero attached hydrogens (tertiary/aromatic N) is 7. The second kappa shape index (κ2) is 9.89. The number of benzene rings is 1. The van der Waals surface area contributed by atoms with Gasteiger partial charge < -0.3 is 10.2 Å². The molecule has 0 spiro atoms. The number of carbonyl (C=O) groups excluding carboxylic acids is 3. The summed E-state index contributed by atoms with van der Waals surface area (Å²) in [4.78, 5) is 58.3. The molecule has 11 nitrogen and oxygen atoms in total. The van der Waals surface area contributed by atoms with E-state index < -0.39 is 11.5 Å². The Morgan fingerprint density at radius 2 is 1.80 bits per heavy atom. The predicted octanol–water partition coefficient (Wildman–Crippen LogP) is 2.41. The summed E-state index contributed by atoms with van der Waals surface area (Å²) in [6, 6.07) is 4.46. The first kappa shape index (κ1) is 26.3. The summed E-state index contributed by atoms with van der Waals surface area (Å²) in [5.41, 5.74) is 3.01. The van der Waals surface area contributed by atoms with E-state index in [1.807, 2.05) is 32.9 Å². The van der Waals surface area contributed by atoms with Crippen LogP contribution < -0.4 is 5.32 Å². The number of fused-ring (bicyclic) bond motifs is 2. The molecular weight excluding hydrogens is 520 g/mol. The van der Waals surface area contributed by atoms with Gasteiger partial charge in [0.25, 0.3) is 0 Å². The van der Waals surface area contributed by atoms with Crippen LogP contribution in [-0.2, 0) is 22.7 Å². The monoisotopic (exact) mass is 548 g/mol. The van der Waals surface area contributed by atoms with Crippen LogP contribution in [0.2, 0.25) is 0 Å². The number of amides is 2. The van der Waals surface area contributed by atoms with Crippen molar-refractivity contribution in [3.63, 3.8) is 0 Å². The van der Waals surface area contributed by atoms with Crippen molar-refractivity contribution in [1.82, 2.24) is 39.9 Å². The zero-order valence-electron chi connectivity index (χ0n) is 23.2. The Balaban J connectivity index is 1.31. The first-order valence-electron chi connectivity index (χ1n) is 13.3. The summed E-state index contributed by atoms with van der Waals surface area (Å²) in [7, 11) is 0. The van der Waals surface area contributed by atoms with Gasteiger partial charge in [-0.1, -0.05) is 11.8 Å². The molecule has 4 aromatic rings. The van der Waals surface area contributed by atoms with E-state index in [0.29, 0.717) is 29.0 Å². The van der Waals surface area contributed by atoms with Crippen molar-refractivity contribution in [3.8, 4) is 23.0 Å². The SMILES string of the molecule is CC(=O)c1nn(CC(=O)N2[C@H](C(=O)NCc3ncccn3)C[C@@]3(C)C#C[C@@H]23)c2c(C)cc(-c3cnc(C)nc3)cc12. The lowest BCUT2D eigenvalue weighted by atomic mass is 9.76. The van der Waals surface area contributed by atoms with Crippen molar-refractivity contribution < 1.29 is 14.4 Å². The maximum absolute atomic E-state index is 13.9. The van der Waals surface area contributed by atoms with Gasteiger partial charge in [-0.05, 0) is 56.5 Å². The lowest BCUT2D eigenvalue weighted by molar-refractivity contribution is -0.140. The fourth-order valence-corrected chi connectivity index (χ4v) is 5.66. The Morgan fingerprint density at radius 3 is 2.46 bits per heavy atom. The van der Waals surface area contributed by atoms with Crippen LogP contribution in [0.4, 0.5) is 0 Å². The molecule has 0 unspecified atom stereocenters. The minimum Gasteiger partial charge on any atom is -0.347 e. The zero-order chi connectivity index (χ0) is 28.9. The van der Waals surface area contributed by atoms with Crippen LogP contribution in [-0.4, -0.2) is 64.3 Å². The Hall–Kier alpha value is -4.98. The van der Waals surface area contributed by atoms with E-state index in [0.717, 1.165) is 16.7 Å². The second-order valence-corrected chi connectivity index (χ2v) is 10.8. The quantitative estimate of drug-likeness (QED) is 0.275. The van der Waals surface area contributed by atoms with Gasteiger partial charge in [-0.3, -0.25) is 19.1 Å². The summed E-state index contributed by atoms with van der Waals surface area (Å²) in [6.45, 7) is 7.17. The number of hydrogen-bond acceptors (Lipinski definition) is 8. The number of aromatic nitrogens is 6. The fourth-order valence-electron chi connectivity index (χ4n) is 5.66. The molecule has 1 aliphatic carbocycles. The Kier molecular flexibility index (Phi) is 6.33. The number of likely N-dealkylation sites (tertiary alicyclic amines) is 1. The molecule has 41 heavy (non-hydrogen) atoms. The molecule has 3 aromatic heterocycles. The van der Waals surface area contributed by atoms with Gasteiger partial charge in [-0.15, -0.1) is 0 Å². The summed E-state index contributed by atoms with van der Waals surface area (Å²) in [5.74, 6) is 6.58. The van der Waals surface area contributed by atoms with Crippen LogP contribution >= 0.6 is 0 Å². The van der Waals surface area contributed by atoms with Gasteiger partial charge in [0.15, 0.2) is 5.78 Å². The maximum Gasteiger partial charge on any atom is 0.246 e. The van der Waals surface area contributed by atoms with E-state index in [1.165, 1.54) is 6.92 Å². The first-order chi connectivity index (χ1) is 19.6. The minimum atomic E-state index is -0.716. The van der Waals surface area contributed by atoms with E-state index in [-0.39, 0.29) is 42.4 Å². The van der Waals surface area contributed by atoms with E-state index in [2.05, 4.69) is 42.2 Å². The van der Waals surface area contributed by atoms with E-state index in [1.54, 1.807) is 40.4 Å². The number of aryl methyl sites for hydroxylation is 2. The molecule has 2 amide bonds. The van der Waals surface area contributed by atoms with Gasteiger partial charge in [0.05, 0.1) is 17.5 Å². The van der Waals surface area contributed by atoms with Gasteiger partial charge in [0.1, 0.15) is 36.0 Å². The van der Waals surface area contributed by atoms with Gasteiger partial charge in [0, 0.05) is 42.7 Å². The minimum absolute atomic E-state index is 0.141. The fraction of sp³-hybridized carbons (Fsp3) is 0.333. The molecule has 1 fully saturated rings. The normalized spacial score (nSPS) is 20.6. The van der Waals surface area contributed by atoms with Crippen LogP contribution in [0, 0.1) is 31.1 Å². The molecule has 2 aliphatic rings. The highest BCUT2D eigenvalue weighted by molar-refractivity contribution is 6.07. The molecule has 3 atom stereocenters. The summed E-state index contributed by atoms with van der Waals surface area (Å²) >= 11 is 0. The maximum atomic E-state index is 13.9. The van der Waals surface area contributed by atoms with E-state index in [4.69, 9.17) is 0 Å². The van der Waals surface area contributed by atoms with Crippen LogP contribution in [0.1, 0.15) is 48.0 Å². The van der Waals surface area contributed by atoms with Crippen molar-refractivity contribution in [2.24, 2.45) is 5.41 Å². The molecule has 11 heteroatoms. The molecule has 0 radical (unpaired) electrons. The van der Waals surface area contributed by atoms with Gasteiger partial charge in [-0.2, -0.15) is 5.10 Å². The molecule has 4 heterocycles. The summed E-state index contributed by atoms with van der Waals surface area (Å²) in [5, 5.41) is 8.08. The van der Waals surface area contributed by atoms with E-state index >= 15 is 0 Å². The smallest absolute Gasteiger partial charge is 0.246 e. The molecule has 1 aromatic carbocycles. The van der Waals surface area contributed by atoms with Crippen molar-refractivity contribution >= 4 is 28.5 Å². The van der Waals surface area contributed by atoms with Crippen molar-refractivity contribution in [3.05, 3.63) is 65.9 Å². The molecule has 206 valence electrons. The predicted molar refractivity (Wildman–Crippen MR) is 149 cm³/mol. The second-order valence-electron chi connectivity index (χ2n) is 10.8. The van der Waals surface area contributed by atoms with Crippen LogP contribution in [0.5, 0.6) is 0 Å². The van der Waals surface area contributed by atoms with Crippen LogP contribution in [0.25, 0.3) is 22.0 Å². The summed E-state index contributed by atoms with van der Waals surface area (Å²) < 4.78 is 1.56. The summed E-state index contributed by atoms with van der Waals surface area (Å²) in [6.07, 6.45) is 7.13. The Labute approximate surface area is 236 Å². The third-order valence-corrected chi connectivity index (χ3v) is 7.73. The number of nitrogens with one attached hydrogen (secondary N) is 1. The average Bonchev–Trinajstić information content (AvgIpc) is 3.41. The number of ketones is 1. The number of hydrogen-bond donors (Lipinski definition) is 1. The number of Topliss-reactive ketones (excluding diaryl/α,β-unsaturated/α-hetero) is 1.